The predicted octanol–water partition coefficient (Wildman–Crippen LogP) is 1.92. The molecule has 7 nitrogen and oxygen atoms in total. The van der Waals surface area contributed by atoms with E-state index in [0.717, 1.165) is 0 Å². The van der Waals surface area contributed by atoms with Gasteiger partial charge in [0.1, 0.15) is 5.69 Å². The van der Waals surface area contributed by atoms with Gasteiger partial charge in [-0.05, 0) is 39.8 Å². The average molecular weight is 295 g/mol. The Bertz CT molecular complexity index is 562. The maximum absolute atomic E-state index is 11.5. The number of rotatable bonds is 5. The highest BCUT2D eigenvalue weighted by atomic mass is 16.6. The Labute approximate surface area is 123 Å². The number of nitrogens with zero attached hydrogens (tertiary/aromatic N) is 1. The smallest absolute Gasteiger partial charge is 0.293 e. The quantitative estimate of drug-likeness (QED) is 0.568. The van der Waals surface area contributed by atoms with Gasteiger partial charge in [0.25, 0.3) is 11.6 Å². The average Bonchev–Trinajstić information content (AvgIpc) is 2.36. The molecule has 0 atom stereocenters. The molecule has 1 aromatic carbocycles. The largest absolute Gasteiger partial charge is 0.388 e. The Morgan fingerprint density at radius 1 is 1.29 bits per heavy atom. The van der Waals surface area contributed by atoms with Crippen LogP contribution in [0.3, 0.4) is 0 Å². The molecule has 0 radical (unpaired) electrons. The first kappa shape index (κ1) is 16.9. The van der Waals surface area contributed by atoms with Crippen molar-refractivity contribution in [1.29, 1.82) is 0 Å². The van der Waals surface area contributed by atoms with Crippen LogP contribution in [0.2, 0.25) is 0 Å². The highest BCUT2D eigenvalue weighted by Crippen LogP contribution is 2.32. The van der Waals surface area contributed by atoms with Gasteiger partial charge < -0.3 is 15.7 Å². The van der Waals surface area contributed by atoms with E-state index in [1.165, 1.54) is 25.2 Å². The van der Waals surface area contributed by atoms with E-state index in [9.17, 15) is 20.0 Å². The lowest BCUT2D eigenvalue weighted by Gasteiger charge is -2.38. The zero-order valence-corrected chi connectivity index (χ0v) is 12.9. The van der Waals surface area contributed by atoms with E-state index >= 15 is 0 Å². The van der Waals surface area contributed by atoms with Crippen LogP contribution >= 0.6 is 0 Å². The molecule has 0 heterocycles. The van der Waals surface area contributed by atoms with Crippen LogP contribution < -0.4 is 10.6 Å². The minimum atomic E-state index is -1.10. The van der Waals surface area contributed by atoms with Gasteiger partial charge in [-0.25, -0.2) is 0 Å². The molecule has 3 N–H and O–H groups in total. The molecule has 0 spiro atoms. The molecule has 0 saturated heterocycles. The second-order valence-electron chi connectivity index (χ2n) is 5.88. The minimum absolute atomic E-state index is 0.204. The molecule has 0 saturated carbocycles. The molecule has 0 aliphatic rings. The number of nitro benzene ring substituents is 1. The van der Waals surface area contributed by atoms with Gasteiger partial charge in [0, 0.05) is 18.7 Å². The number of anilines is 1. The fourth-order valence-electron chi connectivity index (χ4n) is 1.56. The highest BCUT2D eigenvalue weighted by molar-refractivity contribution is 5.95. The molecule has 0 unspecified atom stereocenters. The molecule has 116 valence electrons. The van der Waals surface area contributed by atoms with Gasteiger partial charge in [0.2, 0.25) is 0 Å². The van der Waals surface area contributed by atoms with Crippen molar-refractivity contribution in [3.05, 3.63) is 33.9 Å². The van der Waals surface area contributed by atoms with E-state index < -0.39 is 22.0 Å². The summed E-state index contributed by atoms with van der Waals surface area (Å²) in [6, 6.07) is 4.17. The number of nitrogens with one attached hydrogen (secondary N) is 2. The fourth-order valence-corrected chi connectivity index (χ4v) is 1.56. The molecule has 1 amide bonds. The van der Waals surface area contributed by atoms with Crippen LogP contribution in [0, 0.1) is 10.1 Å². The van der Waals surface area contributed by atoms with Crippen molar-refractivity contribution >= 4 is 17.3 Å². The summed E-state index contributed by atoms with van der Waals surface area (Å²) in [5.41, 5.74) is -1.66. The number of carbonyl (C=O) groups excluding carboxylic acids is 1. The van der Waals surface area contributed by atoms with Gasteiger partial charge in [-0.1, -0.05) is 0 Å². The van der Waals surface area contributed by atoms with Crippen molar-refractivity contribution in [3.8, 4) is 0 Å². The maximum atomic E-state index is 11.5. The normalized spacial score (nSPS) is 11.9. The standard InChI is InChI=1S/C14H21N3O4/c1-13(2,14(3,4)19)16-10-7-6-9(12(18)15-5)8-11(10)17(20)21/h6-8,16,19H,1-5H3,(H,15,18). The maximum Gasteiger partial charge on any atom is 0.293 e. The van der Waals surface area contributed by atoms with Gasteiger partial charge in [0.15, 0.2) is 0 Å². The first-order chi connectivity index (χ1) is 9.49. The lowest BCUT2D eigenvalue weighted by Crippen LogP contribution is -2.51. The SMILES string of the molecule is CNC(=O)c1ccc(NC(C)(C)C(C)(C)O)c([N+](=O)[O-])c1. The summed E-state index contributed by atoms with van der Waals surface area (Å²) < 4.78 is 0. The van der Waals surface area contributed by atoms with Crippen LogP contribution in [0.5, 0.6) is 0 Å². The van der Waals surface area contributed by atoms with Crippen molar-refractivity contribution in [2.45, 2.75) is 38.8 Å². The molecule has 1 aromatic rings. The molecule has 7 heteroatoms. The zero-order chi connectivity index (χ0) is 16.4. The van der Waals surface area contributed by atoms with Crippen molar-refractivity contribution in [3.63, 3.8) is 0 Å². The van der Waals surface area contributed by atoms with Gasteiger partial charge in [-0.2, -0.15) is 0 Å². The molecule has 0 bridgehead atoms. The minimum Gasteiger partial charge on any atom is -0.388 e. The van der Waals surface area contributed by atoms with Gasteiger partial charge in [-0.3, -0.25) is 14.9 Å². The van der Waals surface area contributed by atoms with Crippen LogP contribution in [0.4, 0.5) is 11.4 Å². The van der Waals surface area contributed by atoms with E-state index in [2.05, 4.69) is 10.6 Å². The summed E-state index contributed by atoms with van der Waals surface area (Å²) in [6.07, 6.45) is 0. The fraction of sp³-hybridized carbons (Fsp3) is 0.500. The third kappa shape index (κ3) is 3.69. The van der Waals surface area contributed by atoms with Crippen molar-refractivity contribution in [1.82, 2.24) is 5.32 Å². The number of aliphatic hydroxyl groups is 1. The molecule has 0 aliphatic heterocycles. The van der Waals surface area contributed by atoms with Crippen LogP contribution in [-0.2, 0) is 0 Å². The van der Waals surface area contributed by atoms with Crippen molar-refractivity contribution < 1.29 is 14.8 Å². The Balaban J connectivity index is 3.25. The molecule has 0 aromatic heterocycles. The van der Waals surface area contributed by atoms with Gasteiger partial charge in [0.05, 0.1) is 16.1 Å². The molecule has 1 rings (SSSR count). The first-order valence-corrected chi connectivity index (χ1v) is 6.50. The highest BCUT2D eigenvalue weighted by Gasteiger charge is 2.36. The van der Waals surface area contributed by atoms with Crippen LogP contribution in [0.1, 0.15) is 38.1 Å². The zero-order valence-electron chi connectivity index (χ0n) is 12.9. The Morgan fingerprint density at radius 2 is 1.86 bits per heavy atom. The Kier molecular flexibility index (Phi) is 4.58. The third-order valence-electron chi connectivity index (χ3n) is 3.66. The number of hydrogen-bond acceptors (Lipinski definition) is 5. The molecular formula is C14H21N3O4. The van der Waals surface area contributed by atoms with E-state index in [1.807, 2.05) is 0 Å². The summed E-state index contributed by atoms with van der Waals surface area (Å²) >= 11 is 0. The summed E-state index contributed by atoms with van der Waals surface area (Å²) in [5.74, 6) is -0.397. The second-order valence-corrected chi connectivity index (χ2v) is 5.88. The predicted molar refractivity (Wildman–Crippen MR) is 80.5 cm³/mol. The first-order valence-electron chi connectivity index (χ1n) is 6.50. The van der Waals surface area contributed by atoms with Gasteiger partial charge in [-0.15, -0.1) is 0 Å². The molecular weight excluding hydrogens is 274 g/mol. The number of nitro groups is 1. The van der Waals surface area contributed by atoms with Crippen LogP contribution in [0.15, 0.2) is 18.2 Å². The van der Waals surface area contributed by atoms with Crippen molar-refractivity contribution in [2.75, 3.05) is 12.4 Å². The van der Waals surface area contributed by atoms with Gasteiger partial charge >= 0.3 is 0 Å². The third-order valence-corrected chi connectivity index (χ3v) is 3.66. The number of hydrogen-bond donors (Lipinski definition) is 3. The Morgan fingerprint density at radius 3 is 2.29 bits per heavy atom. The van der Waals surface area contributed by atoms with Crippen LogP contribution in [-0.4, -0.2) is 34.1 Å². The Hall–Kier alpha value is -2.15. The van der Waals surface area contributed by atoms with E-state index in [1.54, 1.807) is 27.7 Å². The summed E-state index contributed by atoms with van der Waals surface area (Å²) in [7, 11) is 1.46. The second kappa shape index (κ2) is 5.69. The molecule has 0 fully saturated rings. The molecule has 0 aliphatic carbocycles. The summed E-state index contributed by atoms with van der Waals surface area (Å²) in [4.78, 5) is 22.2. The van der Waals surface area contributed by atoms with Crippen LogP contribution in [0.25, 0.3) is 0 Å². The lowest BCUT2D eigenvalue weighted by atomic mass is 9.85. The van der Waals surface area contributed by atoms with E-state index in [-0.39, 0.29) is 16.9 Å². The number of benzene rings is 1. The lowest BCUT2D eigenvalue weighted by molar-refractivity contribution is -0.384. The summed E-state index contributed by atoms with van der Waals surface area (Å²) in [6.45, 7) is 6.71. The monoisotopic (exact) mass is 295 g/mol. The molecule has 21 heavy (non-hydrogen) atoms. The van der Waals surface area contributed by atoms with E-state index in [0.29, 0.717) is 0 Å². The van der Waals surface area contributed by atoms with E-state index in [4.69, 9.17) is 0 Å². The topological polar surface area (TPSA) is 104 Å². The number of carbonyl (C=O) groups is 1. The van der Waals surface area contributed by atoms with Crippen molar-refractivity contribution in [2.24, 2.45) is 0 Å². The number of amides is 1. The summed E-state index contributed by atoms with van der Waals surface area (Å²) in [5, 5.41) is 26.7.